The minimum atomic E-state index is -2.49. The Balaban J connectivity index is 1.76. The molecule has 1 spiro atoms. The van der Waals surface area contributed by atoms with Crippen molar-refractivity contribution in [3.8, 4) is 0 Å². The van der Waals surface area contributed by atoms with E-state index < -0.39 is 148 Å². The Morgan fingerprint density at radius 3 is 2.05 bits per heavy atom. The number of carbonyl (C=O) groups is 7. The maximum Gasteiger partial charge on any atom is 0.366 e. The van der Waals surface area contributed by atoms with E-state index in [1.54, 1.807) is 18.2 Å². The molecule has 0 bridgehead atoms. The highest BCUT2D eigenvalue weighted by atomic mass is 28.3. The fourth-order valence-electron chi connectivity index (χ4n) is 7.14. The van der Waals surface area contributed by atoms with Crippen molar-refractivity contribution in [3.63, 3.8) is 0 Å². The maximum atomic E-state index is 13.9. The van der Waals surface area contributed by atoms with E-state index in [1.807, 2.05) is 0 Å². The van der Waals surface area contributed by atoms with Crippen LogP contribution in [0.4, 0.5) is 0 Å². The Labute approximate surface area is 353 Å². The molecule has 1 aromatic rings. The molecule has 0 aliphatic carbocycles. The van der Waals surface area contributed by atoms with Gasteiger partial charge >= 0.3 is 35.8 Å². The lowest BCUT2D eigenvalue weighted by molar-refractivity contribution is -0.343. The molecule has 3 saturated heterocycles. The molecular formula is C39H57N3O18Si. The summed E-state index contributed by atoms with van der Waals surface area (Å²) in [7, 11) is -0.662. The SMILES string of the molecule is COC(=O)[C@@]1(OCC[Si](C)(C)C)C[C@H](OC(=O)c2ccccc2)[C@@H](N)[C@H]([C@H](O)[C@H]2CNC(=O)[C@]3(C[C@H](OC(C)=O)[C@@H](N)[C@H]([C@H](OC(C)=O)[C@@H](COC(C)=O)OC(C)=O)O3)O2)O1. The molecule has 0 unspecified atom stereocenters. The zero-order valence-corrected chi connectivity index (χ0v) is 36.4. The third kappa shape index (κ3) is 12.5. The van der Waals surface area contributed by atoms with Crippen LogP contribution >= 0.6 is 0 Å². The number of nitrogens with one attached hydrogen (secondary N) is 1. The van der Waals surface area contributed by atoms with Gasteiger partial charge in [0.1, 0.15) is 43.2 Å². The number of nitrogens with two attached hydrogens (primary N) is 2. The van der Waals surface area contributed by atoms with Gasteiger partial charge in [0, 0.05) is 48.9 Å². The van der Waals surface area contributed by atoms with Gasteiger partial charge < -0.3 is 69.3 Å². The molecule has 3 heterocycles. The zero-order valence-electron chi connectivity index (χ0n) is 35.4. The second kappa shape index (κ2) is 20.5. The molecule has 6 N–H and O–H groups in total. The number of aliphatic hydroxyl groups is 1. The Bertz CT molecular complexity index is 1760. The molecule has 340 valence electrons. The van der Waals surface area contributed by atoms with E-state index in [9.17, 15) is 38.7 Å². The number of hydrogen-bond acceptors (Lipinski definition) is 20. The topological polar surface area (TPSA) is 296 Å². The summed E-state index contributed by atoms with van der Waals surface area (Å²) in [6.45, 7) is 9.42. The fraction of sp³-hybridized carbons (Fsp3) is 0.667. The van der Waals surface area contributed by atoms with Gasteiger partial charge in [-0.2, -0.15) is 0 Å². The van der Waals surface area contributed by atoms with Gasteiger partial charge in [-0.05, 0) is 18.2 Å². The number of morpholine rings is 1. The second-order valence-electron chi connectivity index (χ2n) is 16.2. The average molecular weight is 884 g/mol. The second-order valence-corrected chi connectivity index (χ2v) is 21.8. The predicted molar refractivity (Wildman–Crippen MR) is 209 cm³/mol. The summed E-state index contributed by atoms with van der Waals surface area (Å²) in [4.78, 5) is 89.8. The molecule has 0 saturated carbocycles. The first-order valence-electron chi connectivity index (χ1n) is 19.7. The highest BCUT2D eigenvalue weighted by Crippen LogP contribution is 2.40. The van der Waals surface area contributed by atoms with Crippen LogP contribution in [-0.2, 0) is 76.1 Å². The average Bonchev–Trinajstić information content (AvgIpc) is 3.18. The Morgan fingerprint density at radius 2 is 1.48 bits per heavy atom. The van der Waals surface area contributed by atoms with E-state index >= 15 is 0 Å². The molecular weight excluding hydrogens is 827 g/mol. The molecule has 3 aliphatic rings. The van der Waals surface area contributed by atoms with Crippen LogP contribution in [0.25, 0.3) is 0 Å². The zero-order chi connectivity index (χ0) is 45.4. The van der Waals surface area contributed by atoms with E-state index in [2.05, 4.69) is 25.0 Å². The molecule has 61 heavy (non-hydrogen) atoms. The van der Waals surface area contributed by atoms with Gasteiger partial charge in [-0.25, -0.2) is 9.59 Å². The number of amides is 1. The Hall–Kier alpha value is -4.55. The number of carbonyl (C=O) groups excluding carboxylic acids is 7. The number of aliphatic hydroxyl groups excluding tert-OH is 1. The number of benzene rings is 1. The largest absolute Gasteiger partial charge is 0.465 e. The maximum absolute atomic E-state index is 13.9. The van der Waals surface area contributed by atoms with Crippen LogP contribution < -0.4 is 16.8 Å². The van der Waals surface area contributed by atoms with Crippen molar-refractivity contribution >= 4 is 49.8 Å². The first kappa shape index (κ1) is 49.1. The van der Waals surface area contributed by atoms with Crippen LogP contribution in [0, 0.1) is 0 Å². The van der Waals surface area contributed by atoms with E-state index in [0.29, 0.717) is 6.04 Å². The van der Waals surface area contributed by atoms with Crippen molar-refractivity contribution in [2.45, 2.75) is 139 Å². The smallest absolute Gasteiger partial charge is 0.366 e. The lowest BCUT2D eigenvalue weighted by Gasteiger charge is -2.52. The highest BCUT2D eigenvalue weighted by Gasteiger charge is 2.62. The number of ether oxygens (including phenoxy) is 10. The predicted octanol–water partition coefficient (Wildman–Crippen LogP) is -0.401. The molecule has 3 aliphatic heterocycles. The first-order valence-corrected chi connectivity index (χ1v) is 23.4. The van der Waals surface area contributed by atoms with Gasteiger partial charge in [-0.1, -0.05) is 37.8 Å². The number of rotatable bonds is 16. The molecule has 22 heteroatoms. The quantitative estimate of drug-likeness (QED) is 0.0933. The molecule has 0 aromatic heterocycles. The van der Waals surface area contributed by atoms with Crippen molar-refractivity contribution < 1.29 is 86.0 Å². The number of methoxy groups -OCH3 is 1. The van der Waals surface area contributed by atoms with Crippen molar-refractivity contribution in [2.24, 2.45) is 11.5 Å². The van der Waals surface area contributed by atoms with Gasteiger partial charge in [0.2, 0.25) is 0 Å². The van der Waals surface area contributed by atoms with Crippen molar-refractivity contribution in [1.29, 1.82) is 0 Å². The summed E-state index contributed by atoms with van der Waals surface area (Å²) in [5.41, 5.74) is 13.4. The summed E-state index contributed by atoms with van der Waals surface area (Å²) >= 11 is 0. The van der Waals surface area contributed by atoms with Gasteiger partial charge in [0.15, 0.2) is 12.2 Å². The molecule has 1 aromatic carbocycles. The highest BCUT2D eigenvalue weighted by molar-refractivity contribution is 6.76. The van der Waals surface area contributed by atoms with E-state index in [4.69, 9.17) is 58.8 Å². The third-order valence-electron chi connectivity index (χ3n) is 10.1. The summed E-state index contributed by atoms with van der Waals surface area (Å²) in [5.74, 6) is -10.9. The van der Waals surface area contributed by atoms with E-state index in [0.717, 1.165) is 34.8 Å². The van der Waals surface area contributed by atoms with E-state index in [-0.39, 0.29) is 12.2 Å². The normalized spacial score (nSPS) is 30.4. The molecule has 21 nitrogen and oxygen atoms in total. The molecule has 12 atom stereocenters. The molecule has 1 amide bonds. The lowest BCUT2D eigenvalue weighted by atomic mass is 9.86. The summed E-state index contributed by atoms with van der Waals surface area (Å²) in [6.07, 6.45) is -13.8. The lowest BCUT2D eigenvalue weighted by Crippen LogP contribution is -2.73. The third-order valence-corrected chi connectivity index (χ3v) is 11.8. The monoisotopic (exact) mass is 883 g/mol. The molecule has 3 fully saturated rings. The number of hydrogen-bond donors (Lipinski definition) is 4. The van der Waals surface area contributed by atoms with Crippen molar-refractivity contribution in [2.75, 3.05) is 26.9 Å². The van der Waals surface area contributed by atoms with E-state index in [1.165, 1.54) is 12.1 Å². The van der Waals surface area contributed by atoms with Crippen LogP contribution in [0.5, 0.6) is 0 Å². The van der Waals surface area contributed by atoms with Crippen molar-refractivity contribution in [1.82, 2.24) is 5.32 Å². The van der Waals surface area contributed by atoms with Crippen LogP contribution in [0.15, 0.2) is 30.3 Å². The standard InChI is InChI=1S/C39H57N3O18Si/c1-20(43)52-19-28(55-22(3)45)32(56-23(4)46)34-30(41)25(54-21(2)44)16-38(60-34)36(49)42-18-27(58-38)31(47)33-29(40)26(57-35(48)24-12-10-9-11-13-24)17-39(59-33,37(50)51-5)53-14-15-61(6,7)8/h9-13,25-34,47H,14-19,40-41H2,1-8H3,(H,42,49)/t25-,26-,27+,28+,29+,30+,31+,32+,33+,34+,38+,39+/m0/s1. The van der Waals surface area contributed by atoms with Crippen molar-refractivity contribution in [3.05, 3.63) is 35.9 Å². The Kier molecular flexibility index (Phi) is 16.5. The van der Waals surface area contributed by atoms with Gasteiger partial charge in [-0.3, -0.25) is 24.0 Å². The van der Waals surface area contributed by atoms with Crippen LogP contribution in [0.2, 0.25) is 25.7 Å². The van der Waals surface area contributed by atoms with Gasteiger partial charge in [0.05, 0.1) is 37.6 Å². The fourth-order valence-corrected chi connectivity index (χ4v) is 7.86. The summed E-state index contributed by atoms with van der Waals surface area (Å²) in [6, 6.07) is 5.78. The molecule has 0 radical (unpaired) electrons. The van der Waals surface area contributed by atoms with Gasteiger partial charge in [-0.15, -0.1) is 0 Å². The summed E-state index contributed by atoms with van der Waals surface area (Å²) in [5, 5.41) is 14.8. The Morgan fingerprint density at radius 1 is 0.852 bits per heavy atom. The van der Waals surface area contributed by atoms with Gasteiger partial charge in [0.25, 0.3) is 17.5 Å². The number of esters is 6. The molecule has 4 rings (SSSR count). The van der Waals surface area contributed by atoms with Crippen LogP contribution in [0.3, 0.4) is 0 Å². The van der Waals surface area contributed by atoms with Crippen LogP contribution in [0.1, 0.15) is 50.9 Å². The minimum Gasteiger partial charge on any atom is -0.465 e. The van der Waals surface area contributed by atoms with Crippen LogP contribution in [-0.4, -0.2) is 154 Å². The summed E-state index contributed by atoms with van der Waals surface area (Å²) < 4.78 is 57.5. The minimum absolute atomic E-state index is 0.0175. The first-order chi connectivity index (χ1) is 28.5.